The predicted octanol–water partition coefficient (Wildman–Crippen LogP) is 3.31. The van der Waals surface area contributed by atoms with Crippen LogP contribution >= 0.6 is 11.3 Å². The Balaban J connectivity index is 1.63. The summed E-state index contributed by atoms with van der Waals surface area (Å²) in [5.74, 6) is 0.780. The first-order valence-corrected chi connectivity index (χ1v) is 8.54. The molecule has 1 saturated heterocycles. The lowest BCUT2D eigenvalue weighted by atomic mass is 10.1. The second kappa shape index (κ2) is 5.96. The molecule has 3 aromatic heterocycles. The molecule has 0 unspecified atom stereocenters. The van der Waals surface area contributed by atoms with Crippen molar-refractivity contribution in [2.24, 2.45) is 0 Å². The minimum Gasteiger partial charge on any atom is -0.332 e. The van der Waals surface area contributed by atoms with Crippen LogP contribution in [-0.4, -0.2) is 31.9 Å². The van der Waals surface area contributed by atoms with Gasteiger partial charge in [0.1, 0.15) is 12.1 Å². The number of hydrogen-bond donors (Lipinski definition) is 0. The minimum absolute atomic E-state index is 0.0717. The van der Waals surface area contributed by atoms with Gasteiger partial charge in [-0.1, -0.05) is 0 Å². The summed E-state index contributed by atoms with van der Waals surface area (Å²) in [6.45, 7) is 0.808. The fraction of sp³-hybridized carbons (Fsp3) is 0.235. The zero-order valence-corrected chi connectivity index (χ0v) is 13.3. The SMILES string of the molecule is O=C(c1ccnc(-n2ccnc2)c1)N1CCC[C@@H]1c1ccsc1. The van der Waals surface area contributed by atoms with Crippen LogP contribution in [0.5, 0.6) is 0 Å². The molecule has 116 valence electrons. The number of rotatable bonds is 3. The summed E-state index contributed by atoms with van der Waals surface area (Å²) in [5.41, 5.74) is 1.91. The van der Waals surface area contributed by atoms with Gasteiger partial charge in [0.05, 0.1) is 6.04 Å². The molecule has 1 aliphatic heterocycles. The Morgan fingerprint density at radius 2 is 2.26 bits per heavy atom. The molecule has 4 heterocycles. The monoisotopic (exact) mass is 324 g/mol. The Hall–Kier alpha value is -2.47. The lowest BCUT2D eigenvalue weighted by molar-refractivity contribution is 0.0735. The molecule has 6 heteroatoms. The predicted molar refractivity (Wildman–Crippen MR) is 88.7 cm³/mol. The molecule has 0 spiro atoms. The third-order valence-electron chi connectivity index (χ3n) is 4.20. The van der Waals surface area contributed by atoms with Gasteiger partial charge in [0, 0.05) is 30.7 Å². The summed E-state index contributed by atoms with van der Waals surface area (Å²) in [7, 11) is 0. The van der Waals surface area contributed by atoms with Crippen LogP contribution in [0.3, 0.4) is 0 Å². The first-order chi connectivity index (χ1) is 11.3. The van der Waals surface area contributed by atoms with Gasteiger partial charge in [-0.15, -0.1) is 0 Å². The number of hydrogen-bond acceptors (Lipinski definition) is 4. The van der Waals surface area contributed by atoms with Crippen LogP contribution in [0.25, 0.3) is 5.82 Å². The van der Waals surface area contributed by atoms with E-state index in [1.54, 1.807) is 40.7 Å². The Kier molecular flexibility index (Phi) is 3.67. The fourth-order valence-corrected chi connectivity index (χ4v) is 3.78. The van der Waals surface area contributed by atoms with E-state index in [4.69, 9.17) is 0 Å². The minimum atomic E-state index is 0.0717. The summed E-state index contributed by atoms with van der Waals surface area (Å²) in [6, 6.07) is 5.92. The van der Waals surface area contributed by atoms with Gasteiger partial charge in [0.15, 0.2) is 0 Å². The van der Waals surface area contributed by atoms with Gasteiger partial charge in [0.25, 0.3) is 5.91 Å². The van der Waals surface area contributed by atoms with Crippen molar-refractivity contribution in [3.05, 3.63) is 65.0 Å². The highest BCUT2D eigenvalue weighted by molar-refractivity contribution is 7.08. The smallest absolute Gasteiger partial charge is 0.254 e. The highest BCUT2D eigenvalue weighted by atomic mass is 32.1. The molecule has 1 amide bonds. The van der Waals surface area contributed by atoms with Gasteiger partial charge in [-0.2, -0.15) is 11.3 Å². The summed E-state index contributed by atoms with van der Waals surface area (Å²) < 4.78 is 1.80. The zero-order valence-electron chi connectivity index (χ0n) is 12.5. The van der Waals surface area contributed by atoms with Crippen molar-refractivity contribution < 1.29 is 4.79 Å². The Labute approximate surface area is 138 Å². The van der Waals surface area contributed by atoms with Gasteiger partial charge >= 0.3 is 0 Å². The molecule has 1 fully saturated rings. The number of nitrogens with zero attached hydrogens (tertiary/aromatic N) is 4. The van der Waals surface area contributed by atoms with Gasteiger partial charge in [-0.3, -0.25) is 9.36 Å². The van der Waals surface area contributed by atoms with E-state index in [9.17, 15) is 4.79 Å². The molecule has 1 aliphatic rings. The molecular weight excluding hydrogens is 308 g/mol. The summed E-state index contributed by atoms with van der Waals surface area (Å²) in [4.78, 5) is 23.3. The average molecular weight is 324 g/mol. The van der Waals surface area contributed by atoms with E-state index in [2.05, 4.69) is 26.8 Å². The average Bonchev–Trinajstić information content (AvgIpc) is 3.35. The first kappa shape index (κ1) is 14.1. The second-order valence-electron chi connectivity index (χ2n) is 5.59. The standard InChI is InChI=1S/C17H16N4OS/c22-17(21-7-1-2-15(21)14-4-9-23-11-14)13-3-5-19-16(10-13)20-8-6-18-12-20/h3-6,8-12,15H,1-2,7H2/t15-/m1/s1. The maximum atomic E-state index is 13.0. The third kappa shape index (κ3) is 2.66. The van der Waals surface area contributed by atoms with Crippen molar-refractivity contribution in [3.8, 4) is 5.82 Å². The van der Waals surface area contributed by atoms with Crippen molar-refractivity contribution in [2.45, 2.75) is 18.9 Å². The van der Waals surface area contributed by atoms with Gasteiger partial charge in [0.2, 0.25) is 0 Å². The van der Waals surface area contributed by atoms with E-state index in [1.165, 1.54) is 5.56 Å². The van der Waals surface area contributed by atoms with Crippen LogP contribution in [0, 0.1) is 0 Å². The molecular formula is C17H16N4OS. The van der Waals surface area contributed by atoms with E-state index < -0.39 is 0 Å². The highest BCUT2D eigenvalue weighted by Crippen LogP contribution is 2.34. The normalized spacial score (nSPS) is 17.6. The van der Waals surface area contributed by atoms with E-state index in [0.29, 0.717) is 11.4 Å². The third-order valence-corrected chi connectivity index (χ3v) is 4.90. The van der Waals surface area contributed by atoms with Crippen LogP contribution < -0.4 is 0 Å². The van der Waals surface area contributed by atoms with Crippen molar-refractivity contribution in [3.63, 3.8) is 0 Å². The summed E-state index contributed by atoms with van der Waals surface area (Å²) in [6.07, 6.45) is 8.95. The molecule has 0 aliphatic carbocycles. The molecule has 0 saturated carbocycles. The van der Waals surface area contributed by atoms with E-state index >= 15 is 0 Å². The number of aromatic nitrogens is 3. The molecule has 1 atom stereocenters. The number of likely N-dealkylation sites (tertiary alicyclic amines) is 1. The van der Waals surface area contributed by atoms with Gasteiger partial charge in [-0.25, -0.2) is 9.97 Å². The number of pyridine rings is 1. The van der Waals surface area contributed by atoms with Crippen molar-refractivity contribution in [2.75, 3.05) is 6.54 Å². The summed E-state index contributed by atoms with van der Waals surface area (Å²) >= 11 is 1.68. The first-order valence-electron chi connectivity index (χ1n) is 7.60. The van der Waals surface area contributed by atoms with E-state index in [1.807, 2.05) is 17.2 Å². The Bertz CT molecular complexity index is 798. The molecule has 23 heavy (non-hydrogen) atoms. The van der Waals surface area contributed by atoms with E-state index in [-0.39, 0.29) is 11.9 Å². The van der Waals surface area contributed by atoms with Crippen LogP contribution in [0.15, 0.2) is 53.9 Å². The number of carbonyl (C=O) groups is 1. The van der Waals surface area contributed by atoms with Crippen LogP contribution in [-0.2, 0) is 0 Å². The Morgan fingerprint density at radius 1 is 1.30 bits per heavy atom. The van der Waals surface area contributed by atoms with Gasteiger partial charge < -0.3 is 4.90 Å². The fourth-order valence-electron chi connectivity index (χ4n) is 3.07. The molecule has 0 bridgehead atoms. The maximum Gasteiger partial charge on any atom is 0.254 e. The van der Waals surface area contributed by atoms with Crippen molar-refractivity contribution >= 4 is 17.2 Å². The number of imidazole rings is 1. The zero-order chi connectivity index (χ0) is 15.6. The number of thiophene rings is 1. The number of carbonyl (C=O) groups excluding carboxylic acids is 1. The largest absolute Gasteiger partial charge is 0.332 e. The quantitative estimate of drug-likeness (QED) is 0.743. The van der Waals surface area contributed by atoms with Crippen molar-refractivity contribution in [1.29, 1.82) is 0 Å². The molecule has 0 N–H and O–H groups in total. The van der Waals surface area contributed by atoms with Crippen LogP contribution in [0.4, 0.5) is 0 Å². The topological polar surface area (TPSA) is 51.0 Å². The summed E-state index contributed by atoms with van der Waals surface area (Å²) in [5, 5.41) is 4.21. The second-order valence-corrected chi connectivity index (χ2v) is 6.37. The number of amides is 1. The van der Waals surface area contributed by atoms with E-state index in [0.717, 1.165) is 19.4 Å². The molecule has 5 nitrogen and oxygen atoms in total. The van der Waals surface area contributed by atoms with Crippen LogP contribution in [0.1, 0.15) is 34.8 Å². The Morgan fingerprint density at radius 3 is 3.04 bits per heavy atom. The molecule has 4 rings (SSSR count). The van der Waals surface area contributed by atoms with Crippen LogP contribution in [0.2, 0.25) is 0 Å². The molecule has 0 aromatic carbocycles. The highest BCUT2D eigenvalue weighted by Gasteiger charge is 2.30. The maximum absolute atomic E-state index is 13.0. The lowest BCUT2D eigenvalue weighted by Gasteiger charge is -2.24. The molecule has 0 radical (unpaired) electrons. The lowest BCUT2D eigenvalue weighted by Crippen LogP contribution is -2.30. The molecule has 3 aromatic rings. The van der Waals surface area contributed by atoms with Crippen molar-refractivity contribution in [1.82, 2.24) is 19.4 Å². The van der Waals surface area contributed by atoms with Gasteiger partial charge in [-0.05, 0) is 47.4 Å².